The lowest BCUT2D eigenvalue weighted by atomic mass is 10.0. The first-order valence-electron chi connectivity index (χ1n) is 9.72. The largest absolute Gasteiger partial charge is 0.396 e. The van der Waals surface area contributed by atoms with E-state index in [4.69, 9.17) is 4.74 Å². The van der Waals surface area contributed by atoms with Gasteiger partial charge in [0, 0.05) is 43.3 Å². The van der Waals surface area contributed by atoms with E-state index in [1.807, 2.05) is 26.0 Å². The van der Waals surface area contributed by atoms with Crippen molar-refractivity contribution in [3.63, 3.8) is 0 Å². The summed E-state index contributed by atoms with van der Waals surface area (Å²) in [6, 6.07) is 6.06. The van der Waals surface area contributed by atoms with E-state index >= 15 is 0 Å². The molecule has 2 heterocycles. The van der Waals surface area contributed by atoms with Crippen molar-refractivity contribution in [2.24, 2.45) is 0 Å². The van der Waals surface area contributed by atoms with Gasteiger partial charge in [-0.05, 0) is 54.0 Å². The highest BCUT2D eigenvalue weighted by atomic mass is 16.5. The highest BCUT2D eigenvalue weighted by molar-refractivity contribution is 5.83. The first kappa shape index (κ1) is 21.1. The molecule has 0 atom stereocenters. The third-order valence-corrected chi connectivity index (χ3v) is 4.89. The predicted molar refractivity (Wildman–Crippen MR) is 110 cm³/mol. The van der Waals surface area contributed by atoms with Crippen LogP contribution in [0.1, 0.15) is 28.9 Å². The molecule has 3 rings (SSSR count). The zero-order valence-corrected chi connectivity index (χ0v) is 17.2. The zero-order chi connectivity index (χ0) is 20.8. The van der Waals surface area contributed by atoms with Gasteiger partial charge in [0.1, 0.15) is 0 Å². The van der Waals surface area contributed by atoms with Crippen LogP contribution in [0.4, 0.5) is 0 Å². The minimum Gasteiger partial charge on any atom is -0.396 e. The summed E-state index contributed by atoms with van der Waals surface area (Å²) in [6.45, 7) is 6.75. The van der Waals surface area contributed by atoms with E-state index in [0.717, 1.165) is 22.0 Å². The van der Waals surface area contributed by atoms with Crippen molar-refractivity contribution in [3.8, 4) is 0 Å². The third kappa shape index (κ3) is 5.26. The summed E-state index contributed by atoms with van der Waals surface area (Å²) in [7, 11) is 1.63. The molecule has 0 radical (unpaired) electrons. The van der Waals surface area contributed by atoms with Crippen LogP contribution in [0.2, 0.25) is 0 Å². The molecule has 0 amide bonds. The molecule has 0 spiro atoms. The molecule has 3 aromatic rings. The number of rotatable bonds is 10. The number of aromatic amines is 1. The number of H-pyrrole nitrogens is 1. The lowest BCUT2D eigenvalue weighted by molar-refractivity contribution is 0.176. The molecule has 2 N–H and O–H groups in total. The number of nitrogens with zero attached hydrogens (tertiary/aromatic N) is 5. The molecule has 0 aliphatic heterocycles. The molecule has 0 bridgehead atoms. The normalized spacial score (nSPS) is 11.6. The third-order valence-electron chi connectivity index (χ3n) is 4.89. The van der Waals surface area contributed by atoms with Crippen LogP contribution in [0.25, 0.3) is 10.9 Å². The average Bonchev–Trinajstić information content (AvgIpc) is 3.12. The quantitative estimate of drug-likeness (QED) is 0.526. The van der Waals surface area contributed by atoms with Gasteiger partial charge < -0.3 is 14.8 Å². The Morgan fingerprint density at radius 2 is 2.07 bits per heavy atom. The molecule has 0 aliphatic rings. The molecule has 156 valence electrons. The number of fused-ring (bicyclic) bond motifs is 1. The summed E-state index contributed by atoms with van der Waals surface area (Å²) in [6.07, 6.45) is 0.601. The van der Waals surface area contributed by atoms with Gasteiger partial charge in [-0.25, -0.2) is 4.68 Å². The van der Waals surface area contributed by atoms with Crippen molar-refractivity contribution in [1.82, 2.24) is 30.1 Å². The number of hydrogen-bond acceptors (Lipinski definition) is 7. The van der Waals surface area contributed by atoms with E-state index in [2.05, 4.69) is 31.5 Å². The second kappa shape index (κ2) is 9.73. The Bertz CT molecular complexity index is 1010. The van der Waals surface area contributed by atoms with Gasteiger partial charge in [-0.15, -0.1) is 5.10 Å². The molecule has 9 nitrogen and oxygen atoms in total. The van der Waals surface area contributed by atoms with Crippen LogP contribution in [-0.4, -0.2) is 62.1 Å². The summed E-state index contributed by atoms with van der Waals surface area (Å²) in [4.78, 5) is 17.8. The summed E-state index contributed by atoms with van der Waals surface area (Å²) in [5.74, 6) is 0.698. The van der Waals surface area contributed by atoms with E-state index in [9.17, 15) is 9.90 Å². The Morgan fingerprint density at radius 1 is 1.24 bits per heavy atom. The van der Waals surface area contributed by atoms with Crippen molar-refractivity contribution in [1.29, 1.82) is 0 Å². The second-order valence-electron chi connectivity index (χ2n) is 7.27. The molecule has 0 saturated carbocycles. The number of pyridine rings is 1. The predicted octanol–water partition coefficient (Wildman–Crippen LogP) is 1.16. The van der Waals surface area contributed by atoms with Crippen molar-refractivity contribution in [3.05, 3.63) is 51.1 Å². The molecular weight excluding hydrogens is 372 g/mol. The van der Waals surface area contributed by atoms with Crippen molar-refractivity contribution < 1.29 is 9.84 Å². The topological polar surface area (TPSA) is 109 Å². The first-order valence-corrected chi connectivity index (χ1v) is 9.72. The van der Waals surface area contributed by atoms with Crippen molar-refractivity contribution in [2.45, 2.75) is 39.9 Å². The number of methoxy groups -OCH3 is 1. The molecule has 1 aromatic carbocycles. The SMILES string of the molecule is COCCn1nnnc1CN(CCCO)Cc1cc2c(C)cc(C)cc2[nH]c1=O. The van der Waals surface area contributed by atoms with Crippen LogP contribution in [0.5, 0.6) is 0 Å². The number of aryl methyl sites for hydroxylation is 2. The molecule has 29 heavy (non-hydrogen) atoms. The number of nitrogens with one attached hydrogen (secondary N) is 1. The van der Waals surface area contributed by atoms with Crippen molar-refractivity contribution >= 4 is 10.9 Å². The fourth-order valence-electron chi connectivity index (χ4n) is 3.47. The molecule has 9 heteroatoms. The van der Waals surface area contributed by atoms with Gasteiger partial charge in [-0.2, -0.15) is 0 Å². The maximum absolute atomic E-state index is 12.7. The van der Waals surface area contributed by atoms with E-state index in [1.165, 1.54) is 0 Å². The minimum atomic E-state index is -0.101. The van der Waals surface area contributed by atoms with Crippen LogP contribution < -0.4 is 5.56 Å². The molecular formula is C20H28N6O3. The van der Waals surface area contributed by atoms with Crippen molar-refractivity contribution in [2.75, 3.05) is 26.9 Å². The van der Waals surface area contributed by atoms with Gasteiger partial charge in [0.15, 0.2) is 5.82 Å². The van der Waals surface area contributed by atoms with Gasteiger partial charge in [-0.1, -0.05) is 6.07 Å². The van der Waals surface area contributed by atoms with Gasteiger partial charge in [-0.3, -0.25) is 9.69 Å². The van der Waals surface area contributed by atoms with Crippen LogP contribution >= 0.6 is 0 Å². The highest BCUT2D eigenvalue weighted by Crippen LogP contribution is 2.19. The first-order chi connectivity index (χ1) is 14.0. The smallest absolute Gasteiger partial charge is 0.252 e. The number of benzene rings is 1. The summed E-state index contributed by atoms with van der Waals surface area (Å²) < 4.78 is 6.80. The lowest BCUT2D eigenvalue weighted by Gasteiger charge is -2.21. The average molecular weight is 400 g/mol. The Kier molecular flexibility index (Phi) is 7.08. The number of aliphatic hydroxyl groups is 1. The molecule has 2 aromatic heterocycles. The Balaban J connectivity index is 1.86. The summed E-state index contributed by atoms with van der Waals surface area (Å²) in [5, 5.41) is 22.2. The number of ether oxygens (including phenoxy) is 1. The van der Waals surface area contributed by atoms with E-state index in [0.29, 0.717) is 50.6 Å². The minimum absolute atomic E-state index is 0.0809. The maximum atomic E-state index is 12.7. The number of aromatic nitrogens is 5. The van der Waals surface area contributed by atoms with Crippen LogP contribution in [0, 0.1) is 13.8 Å². The molecule has 0 unspecified atom stereocenters. The van der Waals surface area contributed by atoms with Crippen LogP contribution in [0.3, 0.4) is 0 Å². The monoisotopic (exact) mass is 400 g/mol. The number of tetrazole rings is 1. The highest BCUT2D eigenvalue weighted by Gasteiger charge is 2.15. The van der Waals surface area contributed by atoms with E-state index < -0.39 is 0 Å². The molecule has 0 fully saturated rings. The van der Waals surface area contributed by atoms with E-state index in [-0.39, 0.29) is 12.2 Å². The van der Waals surface area contributed by atoms with Gasteiger partial charge in [0.2, 0.25) is 0 Å². The van der Waals surface area contributed by atoms with Gasteiger partial charge in [0.05, 0.1) is 19.7 Å². The Hall–Kier alpha value is -2.62. The zero-order valence-electron chi connectivity index (χ0n) is 17.2. The standard InChI is InChI=1S/C20H28N6O3/c1-14-9-15(2)17-11-16(20(28)21-18(17)10-14)12-25(5-4-7-27)13-19-22-23-24-26(19)6-8-29-3/h9-11,27H,4-8,12-13H2,1-3H3,(H,21,28). The fraction of sp³-hybridized carbons (Fsp3) is 0.500. The number of hydrogen-bond donors (Lipinski definition) is 2. The molecule has 0 saturated heterocycles. The Labute approximate surface area is 169 Å². The molecule has 0 aliphatic carbocycles. The van der Waals surface area contributed by atoms with Crippen LogP contribution in [0.15, 0.2) is 23.0 Å². The van der Waals surface area contributed by atoms with Gasteiger partial charge >= 0.3 is 0 Å². The lowest BCUT2D eigenvalue weighted by Crippen LogP contribution is -2.29. The summed E-state index contributed by atoms with van der Waals surface area (Å²) >= 11 is 0. The fourth-order valence-corrected chi connectivity index (χ4v) is 3.47. The summed E-state index contributed by atoms with van der Waals surface area (Å²) in [5.41, 5.74) is 3.67. The Morgan fingerprint density at radius 3 is 2.83 bits per heavy atom. The number of aliphatic hydroxyl groups excluding tert-OH is 1. The van der Waals surface area contributed by atoms with E-state index in [1.54, 1.807) is 11.8 Å². The van der Waals surface area contributed by atoms with Crippen LogP contribution in [-0.2, 0) is 24.4 Å². The maximum Gasteiger partial charge on any atom is 0.252 e. The second-order valence-corrected chi connectivity index (χ2v) is 7.27. The van der Waals surface area contributed by atoms with Gasteiger partial charge in [0.25, 0.3) is 5.56 Å².